The molecule has 1 aromatic heterocycles. The third-order valence-electron chi connectivity index (χ3n) is 4.38. The average molecular weight is 400 g/mol. The van der Waals surface area contributed by atoms with E-state index in [9.17, 15) is 9.59 Å². The number of hydrogen-bond donors (Lipinski definition) is 3. The highest BCUT2D eigenvalue weighted by Crippen LogP contribution is 2.31. The number of pyridine rings is 1. The van der Waals surface area contributed by atoms with Crippen molar-refractivity contribution in [3.8, 4) is 5.88 Å². The lowest BCUT2D eigenvalue weighted by Crippen LogP contribution is -2.60. The largest absolute Gasteiger partial charge is 0.478 e. The minimum atomic E-state index is -1.26. The topological polar surface area (TPSA) is 109 Å². The minimum Gasteiger partial charge on any atom is -0.478 e. The summed E-state index contributed by atoms with van der Waals surface area (Å²) in [6.45, 7) is 8.94. The van der Waals surface area contributed by atoms with Gasteiger partial charge in [-0.2, -0.15) is 0 Å². The van der Waals surface area contributed by atoms with Crippen LogP contribution in [-0.4, -0.2) is 44.3 Å². The van der Waals surface area contributed by atoms with Gasteiger partial charge in [-0.3, -0.25) is 0 Å². The van der Waals surface area contributed by atoms with Crippen molar-refractivity contribution in [1.29, 1.82) is 0 Å². The molecular formula is C22H28N2O5. The van der Waals surface area contributed by atoms with Gasteiger partial charge in [0.05, 0.1) is 5.52 Å². The maximum Gasteiger partial charge on any atom is 0.328 e. The summed E-state index contributed by atoms with van der Waals surface area (Å²) in [5.41, 5.74) is 1.16. The fraction of sp³-hybridized carbons (Fsp3) is 0.409. The fourth-order valence-electron chi connectivity index (χ4n) is 3.74. The van der Waals surface area contributed by atoms with Crippen molar-refractivity contribution in [2.45, 2.75) is 57.7 Å². The van der Waals surface area contributed by atoms with Gasteiger partial charge in [0, 0.05) is 47.5 Å². The minimum absolute atomic E-state index is 0.0866. The van der Waals surface area contributed by atoms with Crippen LogP contribution in [0.1, 0.15) is 40.5 Å². The highest BCUT2D eigenvalue weighted by Gasteiger charge is 2.38. The molecule has 0 amide bonds. The Labute approximate surface area is 170 Å². The monoisotopic (exact) mass is 400 g/mol. The van der Waals surface area contributed by atoms with E-state index in [0.717, 1.165) is 29.6 Å². The summed E-state index contributed by atoms with van der Waals surface area (Å²) in [6, 6.07) is 12.2. The number of carboxylic acid groups (broad SMARTS) is 2. The van der Waals surface area contributed by atoms with Gasteiger partial charge in [-0.25, -0.2) is 14.6 Å². The molecule has 0 unspecified atom stereocenters. The Hall–Kier alpha value is -2.93. The number of nitrogens with one attached hydrogen (secondary N) is 1. The lowest BCUT2D eigenvalue weighted by atomic mass is 9.81. The first-order valence-corrected chi connectivity index (χ1v) is 9.41. The number of aliphatic carboxylic acids is 2. The maximum atomic E-state index is 9.55. The smallest absolute Gasteiger partial charge is 0.328 e. The first kappa shape index (κ1) is 22.4. The van der Waals surface area contributed by atoms with Crippen molar-refractivity contribution in [3.05, 3.63) is 48.6 Å². The molecule has 0 atom stereocenters. The first-order chi connectivity index (χ1) is 13.5. The van der Waals surface area contributed by atoms with Gasteiger partial charge < -0.3 is 20.3 Å². The second-order valence-electron chi connectivity index (χ2n) is 8.39. The number of fused-ring (bicyclic) bond motifs is 1. The Morgan fingerprint density at radius 1 is 1.00 bits per heavy atom. The lowest BCUT2D eigenvalue weighted by molar-refractivity contribution is -0.134. The Morgan fingerprint density at radius 2 is 1.55 bits per heavy atom. The zero-order valence-corrected chi connectivity index (χ0v) is 17.2. The summed E-state index contributed by atoms with van der Waals surface area (Å²) in [5.74, 6) is -1.79. The summed E-state index contributed by atoms with van der Waals surface area (Å²) in [4.78, 5) is 23.7. The van der Waals surface area contributed by atoms with Crippen LogP contribution in [0.15, 0.2) is 48.6 Å². The van der Waals surface area contributed by atoms with Crippen LogP contribution in [0, 0.1) is 0 Å². The molecule has 0 spiro atoms. The van der Waals surface area contributed by atoms with E-state index in [0.29, 0.717) is 12.2 Å². The molecule has 29 heavy (non-hydrogen) atoms. The molecule has 3 N–H and O–H groups in total. The highest BCUT2D eigenvalue weighted by molar-refractivity contribution is 5.89. The van der Waals surface area contributed by atoms with Gasteiger partial charge in [0.2, 0.25) is 5.88 Å². The molecule has 0 radical (unpaired) electrons. The van der Waals surface area contributed by atoms with Crippen LogP contribution >= 0.6 is 0 Å². The maximum absolute atomic E-state index is 9.55. The molecular weight excluding hydrogens is 372 g/mol. The third-order valence-corrected chi connectivity index (χ3v) is 4.38. The van der Waals surface area contributed by atoms with Crippen LogP contribution in [0.25, 0.3) is 10.9 Å². The number of carboxylic acids is 2. The third kappa shape index (κ3) is 7.54. The van der Waals surface area contributed by atoms with E-state index in [-0.39, 0.29) is 17.2 Å². The predicted molar refractivity (Wildman–Crippen MR) is 111 cm³/mol. The number of rotatable bonds is 4. The van der Waals surface area contributed by atoms with Crippen molar-refractivity contribution >= 4 is 22.8 Å². The van der Waals surface area contributed by atoms with E-state index in [1.165, 1.54) is 0 Å². The van der Waals surface area contributed by atoms with Crippen molar-refractivity contribution in [2.75, 3.05) is 0 Å². The van der Waals surface area contributed by atoms with Gasteiger partial charge >= 0.3 is 11.9 Å². The lowest BCUT2D eigenvalue weighted by Gasteiger charge is -2.46. The average Bonchev–Trinajstić information content (AvgIpc) is 2.57. The van der Waals surface area contributed by atoms with Crippen LogP contribution in [0.3, 0.4) is 0 Å². The molecule has 7 heteroatoms. The molecule has 0 aliphatic carbocycles. The number of aromatic nitrogens is 1. The quantitative estimate of drug-likeness (QED) is 0.672. The van der Waals surface area contributed by atoms with E-state index in [1.807, 2.05) is 24.3 Å². The normalized spacial score (nSPS) is 18.1. The molecule has 2 heterocycles. The van der Waals surface area contributed by atoms with Gasteiger partial charge in [-0.05, 0) is 39.8 Å². The zero-order chi connectivity index (χ0) is 21.7. The molecule has 1 aromatic carbocycles. The van der Waals surface area contributed by atoms with Gasteiger partial charge in [0.1, 0.15) is 6.10 Å². The zero-order valence-electron chi connectivity index (χ0n) is 17.2. The number of hydrogen-bond acceptors (Lipinski definition) is 5. The van der Waals surface area contributed by atoms with Crippen molar-refractivity contribution in [2.24, 2.45) is 0 Å². The van der Waals surface area contributed by atoms with E-state index in [4.69, 9.17) is 14.9 Å². The van der Waals surface area contributed by atoms with Crippen molar-refractivity contribution in [1.82, 2.24) is 10.3 Å². The summed E-state index contributed by atoms with van der Waals surface area (Å²) in [5, 5.41) is 20.5. The molecule has 0 bridgehead atoms. The summed E-state index contributed by atoms with van der Waals surface area (Å²) in [6.07, 6.45) is 3.30. The van der Waals surface area contributed by atoms with E-state index >= 15 is 0 Å². The Morgan fingerprint density at radius 3 is 2.10 bits per heavy atom. The van der Waals surface area contributed by atoms with E-state index < -0.39 is 11.9 Å². The SMILES string of the molecule is CC1(C)CC(Oc2ccc3ccccc3n2)CC(C)(C)N1.O=C(O)/C=C/C(=O)O. The predicted octanol–water partition coefficient (Wildman–Crippen LogP) is 3.63. The van der Waals surface area contributed by atoms with Crippen LogP contribution in [0.4, 0.5) is 0 Å². The van der Waals surface area contributed by atoms with Crippen molar-refractivity contribution in [3.63, 3.8) is 0 Å². The van der Waals surface area contributed by atoms with E-state index in [1.54, 1.807) is 0 Å². The Bertz CT molecular complexity index is 873. The number of carbonyl (C=O) groups is 2. The molecule has 156 valence electrons. The second kappa shape index (κ2) is 9.05. The van der Waals surface area contributed by atoms with Gasteiger partial charge in [0.25, 0.3) is 0 Å². The van der Waals surface area contributed by atoms with Crippen LogP contribution in [0.2, 0.25) is 0 Å². The fourth-order valence-corrected chi connectivity index (χ4v) is 3.74. The van der Waals surface area contributed by atoms with Gasteiger partial charge in [0.15, 0.2) is 0 Å². The standard InChI is InChI=1S/C18H24N2O.C4H4O4/c1-17(2)11-14(12-18(3,4)20-17)21-16-10-9-13-7-5-6-8-15(13)19-16;5-3(6)1-2-4(7)8/h5-10,14,20H,11-12H2,1-4H3;1-2H,(H,5,6)(H,7,8)/b;2-1+. The number of para-hydroxylation sites is 1. The molecule has 2 aromatic rings. The van der Waals surface area contributed by atoms with Crippen LogP contribution in [0.5, 0.6) is 5.88 Å². The van der Waals surface area contributed by atoms with Gasteiger partial charge in [-0.15, -0.1) is 0 Å². The summed E-state index contributed by atoms with van der Waals surface area (Å²) in [7, 11) is 0. The number of piperidine rings is 1. The Kier molecular flexibility index (Phi) is 6.97. The van der Waals surface area contributed by atoms with Crippen molar-refractivity contribution < 1.29 is 24.5 Å². The highest BCUT2D eigenvalue weighted by atomic mass is 16.5. The molecule has 7 nitrogen and oxygen atoms in total. The number of nitrogens with zero attached hydrogens (tertiary/aromatic N) is 1. The summed E-state index contributed by atoms with van der Waals surface area (Å²) >= 11 is 0. The van der Waals surface area contributed by atoms with Crippen LogP contribution < -0.4 is 10.1 Å². The van der Waals surface area contributed by atoms with Gasteiger partial charge in [-0.1, -0.05) is 18.2 Å². The molecule has 1 saturated heterocycles. The first-order valence-electron chi connectivity index (χ1n) is 9.41. The molecule has 1 aliphatic rings. The second-order valence-corrected chi connectivity index (χ2v) is 8.39. The van der Waals surface area contributed by atoms with Crippen LogP contribution in [-0.2, 0) is 9.59 Å². The summed E-state index contributed by atoms with van der Waals surface area (Å²) < 4.78 is 6.18. The molecule has 1 aliphatic heterocycles. The number of benzene rings is 1. The van der Waals surface area contributed by atoms with E-state index in [2.05, 4.69) is 50.1 Å². The molecule has 0 saturated carbocycles. The Balaban J connectivity index is 0.000000321. The molecule has 1 fully saturated rings. The number of ether oxygens (including phenoxy) is 1. The molecule has 3 rings (SSSR count).